The monoisotopic (exact) mass is 330 g/mol. The van der Waals surface area contributed by atoms with Gasteiger partial charge >= 0.3 is 5.97 Å². The zero-order valence-electron chi connectivity index (χ0n) is 13.8. The van der Waals surface area contributed by atoms with E-state index in [1.165, 1.54) is 0 Å². The maximum atomic E-state index is 12.7. The van der Waals surface area contributed by atoms with E-state index in [0.717, 1.165) is 11.3 Å². The van der Waals surface area contributed by atoms with Crippen molar-refractivity contribution in [2.75, 3.05) is 24.5 Å². The molecule has 0 radical (unpaired) electrons. The summed E-state index contributed by atoms with van der Waals surface area (Å²) in [5, 5.41) is 9.16. The quantitative estimate of drug-likeness (QED) is 0.914. The first-order valence-electron chi connectivity index (χ1n) is 8.34. The predicted octanol–water partition coefficient (Wildman–Crippen LogP) is 1.67. The molecule has 0 spiro atoms. The highest BCUT2D eigenvalue weighted by Gasteiger charge is 2.39. The van der Waals surface area contributed by atoms with Gasteiger partial charge in [-0.1, -0.05) is 12.1 Å². The molecule has 0 bridgehead atoms. The second-order valence-electron chi connectivity index (χ2n) is 6.71. The van der Waals surface area contributed by atoms with E-state index in [1.807, 2.05) is 31.2 Å². The molecule has 1 aromatic rings. The summed E-state index contributed by atoms with van der Waals surface area (Å²) < 4.78 is 0. The van der Waals surface area contributed by atoms with Crippen LogP contribution in [-0.4, -0.2) is 47.4 Å². The number of rotatable bonds is 3. The minimum Gasteiger partial charge on any atom is -0.481 e. The van der Waals surface area contributed by atoms with Crippen molar-refractivity contribution in [1.82, 2.24) is 4.90 Å². The summed E-state index contributed by atoms with van der Waals surface area (Å²) in [7, 11) is 0. The minimum atomic E-state index is -0.851. The van der Waals surface area contributed by atoms with E-state index in [4.69, 9.17) is 5.11 Å². The molecule has 3 rings (SSSR count). The van der Waals surface area contributed by atoms with Crippen LogP contribution in [0.2, 0.25) is 0 Å². The number of piperidine rings is 1. The highest BCUT2D eigenvalue weighted by Crippen LogP contribution is 2.28. The first kappa shape index (κ1) is 16.5. The van der Waals surface area contributed by atoms with Crippen LogP contribution in [0.4, 0.5) is 5.69 Å². The molecule has 0 aliphatic carbocycles. The second-order valence-corrected chi connectivity index (χ2v) is 6.71. The van der Waals surface area contributed by atoms with Gasteiger partial charge in [-0.05, 0) is 37.5 Å². The largest absolute Gasteiger partial charge is 0.481 e. The first-order chi connectivity index (χ1) is 11.5. The fourth-order valence-electron chi connectivity index (χ4n) is 3.56. The van der Waals surface area contributed by atoms with Gasteiger partial charge in [-0.15, -0.1) is 0 Å². The Labute approximate surface area is 141 Å². The number of carbonyl (C=O) groups excluding carboxylic acids is 2. The molecule has 1 aromatic carbocycles. The third kappa shape index (κ3) is 3.27. The molecule has 0 unspecified atom stereocenters. The van der Waals surface area contributed by atoms with Crippen LogP contribution < -0.4 is 4.90 Å². The molecule has 2 atom stereocenters. The maximum absolute atomic E-state index is 12.7. The number of nitrogens with zero attached hydrogens (tertiary/aromatic N) is 2. The summed E-state index contributed by atoms with van der Waals surface area (Å²) in [4.78, 5) is 39.5. The van der Waals surface area contributed by atoms with Crippen molar-refractivity contribution in [3.8, 4) is 0 Å². The Balaban J connectivity index is 1.69. The Kier molecular flexibility index (Phi) is 4.55. The number of amides is 2. The molecule has 24 heavy (non-hydrogen) atoms. The summed E-state index contributed by atoms with van der Waals surface area (Å²) in [6.07, 6.45) is 1.50. The Morgan fingerprint density at radius 3 is 2.71 bits per heavy atom. The van der Waals surface area contributed by atoms with Crippen LogP contribution in [-0.2, 0) is 14.4 Å². The van der Waals surface area contributed by atoms with Gasteiger partial charge in [0.25, 0.3) is 0 Å². The molecule has 6 heteroatoms. The SMILES string of the molecule is Cc1cccc(N2C[C@H](C(=O)N3CCC[C@@H](C(=O)O)C3)CC2=O)c1. The van der Waals surface area contributed by atoms with Gasteiger partial charge < -0.3 is 14.9 Å². The van der Waals surface area contributed by atoms with Gasteiger partial charge in [0.2, 0.25) is 11.8 Å². The summed E-state index contributed by atoms with van der Waals surface area (Å²) in [5.74, 6) is -1.87. The molecule has 0 saturated carbocycles. The van der Waals surface area contributed by atoms with Crippen LogP contribution in [0, 0.1) is 18.8 Å². The summed E-state index contributed by atoms with van der Waals surface area (Å²) in [6, 6.07) is 7.67. The van der Waals surface area contributed by atoms with Crippen molar-refractivity contribution in [2.24, 2.45) is 11.8 Å². The molecule has 2 amide bonds. The van der Waals surface area contributed by atoms with Crippen LogP contribution in [0.25, 0.3) is 0 Å². The normalized spacial score (nSPS) is 24.3. The van der Waals surface area contributed by atoms with Gasteiger partial charge in [0, 0.05) is 31.7 Å². The number of carboxylic acid groups (broad SMARTS) is 1. The zero-order valence-corrected chi connectivity index (χ0v) is 13.8. The number of aryl methyl sites for hydroxylation is 1. The van der Waals surface area contributed by atoms with Gasteiger partial charge in [0.15, 0.2) is 0 Å². The Bertz CT molecular complexity index is 673. The topological polar surface area (TPSA) is 77.9 Å². The smallest absolute Gasteiger partial charge is 0.308 e. The van der Waals surface area contributed by atoms with E-state index in [-0.39, 0.29) is 30.7 Å². The van der Waals surface area contributed by atoms with Gasteiger partial charge in [-0.25, -0.2) is 0 Å². The molecule has 6 nitrogen and oxygen atoms in total. The second kappa shape index (κ2) is 6.63. The number of benzene rings is 1. The molecule has 2 heterocycles. The van der Waals surface area contributed by atoms with Crippen molar-refractivity contribution in [1.29, 1.82) is 0 Å². The lowest BCUT2D eigenvalue weighted by Crippen LogP contribution is -2.45. The lowest BCUT2D eigenvalue weighted by atomic mass is 9.96. The highest BCUT2D eigenvalue weighted by molar-refractivity contribution is 6.00. The third-order valence-corrected chi connectivity index (χ3v) is 4.87. The van der Waals surface area contributed by atoms with E-state index in [1.54, 1.807) is 9.80 Å². The van der Waals surface area contributed by atoms with E-state index < -0.39 is 11.9 Å². The van der Waals surface area contributed by atoms with E-state index in [9.17, 15) is 14.4 Å². The van der Waals surface area contributed by atoms with Gasteiger partial charge in [0.05, 0.1) is 11.8 Å². The van der Waals surface area contributed by atoms with Crippen molar-refractivity contribution >= 4 is 23.5 Å². The molecule has 0 aromatic heterocycles. The number of likely N-dealkylation sites (tertiary alicyclic amines) is 1. The summed E-state index contributed by atoms with van der Waals surface area (Å²) >= 11 is 0. The van der Waals surface area contributed by atoms with Crippen molar-refractivity contribution in [3.05, 3.63) is 29.8 Å². The highest BCUT2D eigenvalue weighted by atomic mass is 16.4. The fraction of sp³-hybridized carbons (Fsp3) is 0.500. The fourth-order valence-corrected chi connectivity index (χ4v) is 3.56. The molecule has 1 N–H and O–H groups in total. The number of carbonyl (C=O) groups is 3. The summed E-state index contributed by atoms with van der Waals surface area (Å²) in [5.41, 5.74) is 1.88. The van der Waals surface area contributed by atoms with Gasteiger partial charge in [-0.2, -0.15) is 0 Å². The standard InChI is InChI=1S/C18H22N2O4/c1-12-4-2-6-15(8-12)20-11-14(9-16(20)21)17(22)19-7-3-5-13(10-19)18(23)24/h2,4,6,8,13-14H,3,5,7,9-11H2,1H3,(H,23,24)/t13-,14-/m1/s1. The molecular formula is C18H22N2O4. The zero-order chi connectivity index (χ0) is 17.3. The van der Waals surface area contributed by atoms with Crippen LogP contribution in [0.3, 0.4) is 0 Å². The van der Waals surface area contributed by atoms with Crippen molar-refractivity contribution in [2.45, 2.75) is 26.2 Å². The predicted molar refractivity (Wildman–Crippen MR) is 88.6 cm³/mol. The Morgan fingerprint density at radius 1 is 1.21 bits per heavy atom. The number of anilines is 1. The maximum Gasteiger partial charge on any atom is 0.308 e. The Hall–Kier alpha value is -2.37. The molecule has 128 valence electrons. The lowest BCUT2D eigenvalue weighted by molar-refractivity contribution is -0.146. The minimum absolute atomic E-state index is 0.0502. The average molecular weight is 330 g/mol. The van der Waals surface area contributed by atoms with Crippen LogP contribution >= 0.6 is 0 Å². The number of aliphatic carboxylic acids is 1. The first-order valence-corrected chi connectivity index (χ1v) is 8.34. The number of hydrogen-bond acceptors (Lipinski definition) is 3. The van der Waals surface area contributed by atoms with E-state index in [2.05, 4.69) is 0 Å². The van der Waals surface area contributed by atoms with E-state index in [0.29, 0.717) is 25.9 Å². The van der Waals surface area contributed by atoms with Crippen LogP contribution in [0.5, 0.6) is 0 Å². The number of carboxylic acids is 1. The average Bonchev–Trinajstić information content (AvgIpc) is 2.96. The summed E-state index contributed by atoms with van der Waals surface area (Å²) in [6.45, 7) is 3.17. The molecule has 2 aliphatic rings. The molecule has 2 aliphatic heterocycles. The Morgan fingerprint density at radius 2 is 2.00 bits per heavy atom. The van der Waals surface area contributed by atoms with Crippen molar-refractivity contribution in [3.63, 3.8) is 0 Å². The molecular weight excluding hydrogens is 308 g/mol. The van der Waals surface area contributed by atoms with Crippen molar-refractivity contribution < 1.29 is 19.5 Å². The molecule has 2 saturated heterocycles. The van der Waals surface area contributed by atoms with E-state index >= 15 is 0 Å². The van der Waals surface area contributed by atoms with Gasteiger partial charge in [0.1, 0.15) is 0 Å². The lowest BCUT2D eigenvalue weighted by Gasteiger charge is -2.32. The molecule has 2 fully saturated rings. The van der Waals surface area contributed by atoms with Crippen LogP contribution in [0.15, 0.2) is 24.3 Å². The van der Waals surface area contributed by atoms with Crippen LogP contribution in [0.1, 0.15) is 24.8 Å². The van der Waals surface area contributed by atoms with Gasteiger partial charge in [-0.3, -0.25) is 14.4 Å². The third-order valence-electron chi connectivity index (χ3n) is 4.87. The number of hydrogen-bond donors (Lipinski definition) is 1.